The van der Waals surface area contributed by atoms with Gasteiger partial charge in [-0.15, -0.1) is 10.2 Å². The summed E-state index contributed by atoms with van der Waals surface area (Å²) < 4.78 is 15.4. The third kappa shape index (κ3) is 4.16. The van der Waals surface area contributed by atoms with Crippen molar-refractivity contribution in [1.29, 1.82) is 0 Å². The van der Waals surface area contributed by atoms with Gasteiger partial charge in [0, 0.05) is 37.8 Å². The molecule has 0 saturated heterocycles. The summed E-state index contributed by atoms with van der Waals surface area (Å²) in [4.78, 5) is 15.4. The van der Waals surface area contributed by atoms with E-state index in [0.717, 1.165) is 40.6 Å². The molecule has 186 valence electrons. The number of nitrogens with zero attached hydrogens (tertiary/aromatic N) is 7. The minimum atomic E-state index is -0.172. The van der Waals surface area contributed by atoms with Gasteiger partial charge in [0.15, 0.2) is 11.5 Å². The maximum absolute atomic E-state index is 13.6. The van der Waals surface area contributed by atoms with Crippen LogP contribution in [0.25, 0.3) is 11.5 Å². The molecule has 1 aliphatic heterocycles. The molecular formula is C26H29N7O3. The van der Waals surface area contributed by atoms with Crippen molar-refractivity contribution in [2.45, 2.75) is 52.8 Å². The molecule has 1 fully saturated rings. The van der Waals surface area contributed by atoms with Gasteiger partial charge in [0.2, 0.25) is 0 Å². The van der Waals surface area contributed by atoms with E-state index >= 15 is 0 Å². The molecule has 4 aromatic rings. The van der Waals surface area contributed by atoms with Crippen LogP contribution in [0.2, 0.25) is 0 Å². The zero-order valence-corrected chi connectivity index (χ0v) is 20.8. The highest BCUT2D eigenvalue weighted by molar-refractivity contribution is 5.94. The van der Waals surface area contributed by atoms with Gasteiger partial charge in [0.05, 0.1) is 12.1 Å². The number of amides is 1. The first-order chi connectivity index (χ1) is 17.5. The summed E-state index contributed by atoms with van der Waals surface area (Å²) in [6.45, 7) is 5.93. The summed E-state index contributed by atoms with van der Waals surface area (Å²) in [5.41, 5.74) is 5.00. The number of carbonyl (C=O) groups is 1. The first-order valence-corrected chi connectivity index (χ1v) is 12.3. The zero-order valence-electron chi connectivity index (χ0n) is 20.8. The molecule has 1 aliphatic carbocycles. The number of fused-ring (bicyclic) bond motifs is 1. The van der Waals surface area contributed by atoms with Gasteiger partial charge in [-0.05, 0) is 50.3 Å². The van der Waals surface area contributed by atoms with Gasteiger partial charge in [-0.25, -0.2) is 0 Å². The average Bonchev–Trinajstić information content (AvgIpc) is 3.29. The Morgan fingerprint density at radius 2 is 2.11 bits per heavy atom. The normalized spacial score (nSPS) is 15.2. The summed E-state index contributed by atoms with van der Waals surface area (Å²) in [5, 5.41) is 17.4. The largest absolute Gasteiger partial charge is 0.489 e. The van der Waals surface area contributed by atoms with Crippen molar-refractivity contribution in [2.75, 3.05) is 6.54 Å². The second-order valence-electron chi connectivity index (χ2n) is 9.80. The van der Waals surface area contributed by atoms with Gasteiger partial charge in [-0.3, -0.25) is 9.48 Å². The fourth-order valence-corrected chi connectivity index (χ4v) is 4.84. The molecule has 1 amide bonds. The lowest BCUT2D eigenvalue weighted by Crippen LogP contribution is -2.37. The summed E-state index contributed by atoms with van der Waals surface area (Å²) in [5.74, 6) is 2.60. The van der Waals surface area contributed by atoms with E-state index in [4.69, 9.17) is 14.4 Å². The molecule has 0 unspecified atom stereocenters. The first kappa shape index (κ1) is 22.5. The highest BCUT2D eigenvalue weighted by atomic mass is 16.5. The van der Waals surface area contributed by atoms with E-state index in [1.807, 2.05) is 47.8 Å². The monoisotopic (exact) mass is 487 g/mol. The van der Waals surface area contributed by atoms with Crippen LogP contribution < -0.4 is 4.74 Å². The number of aromatic nitrogens is 6. The van der Waals surface area contributed by atoms with Crippen LogP contribution in [0.15, 0.2) is 35.1 Å². The third-order valence-electron chi connectivity index (χ3n) is 7.07. The maximum Gasteiger partial charge on any atom is 0.276 e. The highest BCUT2D eigenvalue weighted by Crippen LogP contribution is 2.34. The lowest BCUT2D eigenvalue weighted by atomic mass is 10.0. The first-order valence-electron chi connectivity index (χ1n) is 12.3. The van der Waals surface area contributed by atoms with Crippen molar-refractivity contribution in [1.82, 2.24) is 34.6 Å². The Morgan fingerprint density at radius 3 is 2.92 bits per heavy atom. The molecule has 1 aromatic carbocycles. The van der Waals surface area contributed by atoms with E-state index in [1.165, 1.54) is 12.8 Å². The fourth-order valence-electron chi connectivity index (χ4n) is 4.84. The average molecular weight is 488 g/mol. The number of hydrogen-bond acceptors (Lipinski definition) is 7. The number of aryl methyl sites for hydroxylation is 3. The topological polar surface area (TPSA) is 104 Å². The van der Waals surface area contributed by atoms with Crippen LogP contribution in [-0.4, -0.2) is 47.1 Å². The number of carbonyl (C=O) groups excluding carboxylic acids is 1. The van der Waals surface area contributed by atoms with Crippen molar-refractivity contribution >= 4 is 5.91 Å². The van der Waals surface area contributed by atoms with Gasteiger partial charge in [-0.1, -0.05) is 17.3 Å². The van der Waals surface area contributed by atoms with Gasteiger partial charge in [0.1, 0.15) is 30.1 Å². The number of benzene rings is 1. The van der Waals surface area contributed by atoms with Crippen molar-refractivity contribution < 1.29 is 14.1 Å². The van der Waals surface area contributed by atoms with Gasteiger partial charge in [-0.2, -0.15) is 5.10 Å². The predicted octanol–water partition coefficient (Wildman–Crippen LogP) is 3.47. The van der Waals surface area contributed by atoms with Gasteiger partial charge in [0.25, 0.3) is 5.91 Å². The van der Waals surface area contributed by atoms with Crippen molar-refractivity contribution in [3.8, 4) is 17.3 Å². The Bertz CT molecular complexity index is 1430. The fraction of sp³-hybridized carbons (Fsp3) is 0.423. The van der Waals surface area contributed by atoms with Crippen LogP contribution >= 0.6 is 0 Å². The lowest BCUT2D eigenvalue weighted by Gasteiger charge is -2.27. The van der Waals surface area contributed by atoms with E-state index in [1.54, 1.807) is 13.3 Å². The van der Waals surface area contributed by atoms with E-state index < -0.39 is 0 Å². The van der Waals surface area contributed by atoms with Gasteiger partial charge >= 0.3 is 0 Å². The molecule has 0 radical (unpaired) electrons. The summed E-state index contributed by atoms with van der Waals surface area (Å²) in [7, 11) is 1.95. The molecule has 0 atom stereocenters. The molecule has 10 heteroatoms. The van der Waals surface area contributed by atoms with Crippen LogP contribution in [0.5, 0.6) is 5.75 Å². The smallest absolute Gasteiger partial charge is 0.276 e. The summed E-state index contributed by atoms with van der Waals surface area (Å²) in [6.07, 6.45) is 4.97. The van der Waals surface area contributed by atoms with E-state index in [9.17, 15) is 4.79 Å². The zero-order chi connectivity index (χ0) is 24.8. The van der Waals surface area contributed by atoms with Crippen molar-refractivity contribution in [2.24, 2.45) is 13.0 Å². The molecule has 10 nitrogen and oxygen atoms in total. The van der Waals surface area contributed by atoms with Gasteiger partial charge < -0.3 is 18.7 Å². The Balaban J connectivity index is 1.24. The van der Waals surface area contributed by atoms with E-state index in [2.05, 4.69) is 19.9 Å². The third-order valence-corrected chi connectivity index (χ3v) is 7.07. The van der Waals surface area contributed by atoms with Crippen LogP contribution in [0.1, 0.15) is 51.5 Å². The minimum absolute atomic E-state index is 0.172. The van der Waals surface area contributed by atoms with E-state index in [0.29, 0.717) is 42.4 Å². The molecule has 0 N–H and O–H groups in total. The summed E-state index contributed by atoms with van der Waals surface area (Å²) in [6, 6.07) is 7.81. The molecule has 0 spiro atoms. The maximum atomic E-state index is 13.6. The number of rotatable bonds is 7. The predicted molar refractivity (Wildman–Crippen MR) is 130 cm³/mol. The molecule has 2 aliphatic rings. The van der Waals surface area contributed by atoms with Crippen LogP contribution in [0.4, 0.5) is 0 Å². The Labute approximate surface area is 208 Å². The van der Waals surface area contributed by atoms with E-state index in [-0.39, 0.29) is 12.5 Å². The summed E-state index contributed by atoms with van der Waals surface area (Å²) >= 11 is 0. The quantitative estimate of drug-likeness (QED) is 0.393. The molecule has 4 heterocycles. The molecule has 1 saturated carbocycles. The van der Waals surface area contributed by atoms with Crippen molar-refractivity contribution in [3.05, 3.63) is 64.4 Å². The highest BCUT2D eigenvalue weighted by Gasteiger charge is 2.33. The molecule has 0 bridgehead atoms. The standard InChI is InChI=1S/C26H29N7O3/c1-16-5-4-6-19(11-16)35-14-21-17(2)36-30-24(21)26(34)32-10-9-22-20(13-32)23(29-31(22)3)25-28-27-15-33(25)12-18-7-8-18/h4-6,11,15,18H,7-10,12-14H2,1-3H3. The molecule has 36 heavy (non-hydrogen) atoms. The van der Waals surface area contributed by atoms with Crippen molar-refractivity contribution in [3.63, 3.8) is 0 Å². The molecule has 6 rings (SSSR count). The second-order valence-corrected chi connectivity index (χ2v) is 9.80. The Kier molecular flexibility index (Phi) is 5.58. The molecular weight excluding hydrogens is 458 g/mol. The second kappa shape index (κ2) is 8.92. The van der Waals surface area contributed by atoms with Crippen LogP contribution in [0, 0.1) is 19.8 Å². The molecule has 3 aromatic heterocycles. The SMILES string of the molecule is Cc1cccc(OCc2c(C(=O)N3CCc4c(c(-c5nncn5CC5CC5)nn4C)C3)noc2C)c1. The number of ether oxygens (including phenoxy) is 1. The van der Waals surface area contributed by atoms with Crippen LogP contribution in [-0.2, 0) is 33.2 Å². The number of hydrogen-bond donors (Lipinski definition) is 0. The Hall–Kier alpha value is -3.95. The van der Waals surface area contributed by atoms with Crippen LogP contribution in [0.3, 0.4) is 0 Å². The Morgan fingerprint density at radius 1 is 1.25 bits per heavy atom. The lowest BCUT2D eigenvalue weighted by molar-refractivity contribution is 0.0720. The minimum Gasteiger partial charge on any atom is -0.489 e.